The summed E-state index contributed by atoms with van der Waals surface area (Å²) in [6.07, 6.45) is 6.74. The van der Waals surface area contributed by atoms with Gasteiger partial charge in [0.15, 0.2) is 0 Å². The smallest absolute Gasteiger partial charge is 0.0771 e. The molecule has 2 N–H and O–H groups in total. The van der Waals surface area contributed by atoms with Crippen LogP contribution in [0.1, 0.15) is 44.6 Å². The first-order valence-electron chi connectivity index (χ1n) is 8.36. The summed E-state index contributed by atoms with van der Waals surface area (Å²) in [7, 11) is 0. The quantitative estimate of drug-likeness (QED) is 0.871. The fourth-order valence-electron chi connectivity index (χ4n) is 3.63. The van der Waals surface area contributed by atoms with Crippen molar-refractivity contribution in [2.45, 2.75) is 61.2 Å². The summed E-state index contributed by atoms with van der Waals surface area (Å²) in [5.74, 6) is 0.838. The van der Waals surface area contributed by atoms with E-state index in [1.807, 2.05) is 11.8 Å². The number of aliphatic hydroxyl groups is 1. The minimum absolute atomic E-state index is 0.457. The Morgan fingerprint density at radius 3 is 2.76 bits per heavy atom. The first kappa shape index (κ1) is 15.4. The lowest BCUT2D eigenvalue weighted by molar-refractivity contribution is -0.00835. The molecule has 1 aliphatic carbocycles. The number of nitrogens with one attached hydrogen (secondary N) is 1. The molecule has 21 heavy (non-hydrogen) atoms. The summed E-state index contributed by atoms with van der Waals surface area (Å²) in [5.41, 5.74) is 1.03. The van der Waals surface area contributed by atoms with E-state index < -0.39 is 5.60 Å². The van der Waals surface area contributed by atoms with Crippen molar-refractivity contribution >= 4 is 11.8 Å². The summed E-state index contributed by atoms with van der Waals surface area (Å²) >= 11 is 1.98. The molecule has 3 heteroatoms. The maximum Gasteiger partial charge on any atom is 0.0771 e. The first-order chi connectivity index (χ1) is 10.2. The van der Waals surface area contributed by atoms with Crippen molar-refractivity contribution in [3.63, 3.8) is 0 Å². The van der Waals surface area contributed by atoms with E-state index in [1.165, 1.54) is 29.7 Å². The topological polar surface area (TPSA) is 32.3 Å². The fraction of sp³-hybridized carbons (Fsp3) is 0.667. The third kappa shape index (κ3) is 3.82. The number of hydrogen-bond donors (Lipinski definition) is 2. The van der Waals surface area contributed by atoms with Gasteiger partial charge in [-0.3, -0.25) is 0 Å². The van der Waals surface area contributed by atoms with Gasteiger partial charge < -0.3 is 10.4 Å². The summed E-state index contributed by atoms with van der Waals surface area (Å²) in [5, 5.41) is 14.8. The summed E-state index contributed by atoms with van der Waals surface area (Å²) in [4.78, 5) is 1.44. The predicted molar refractivity (Wildman–Crippen MR) is 89.9 cm³/mol. The zero-order chi connectivity index (χ0) is 14.7. The van der Waals surface area contributed by atoms with Crippen LogP contribution in [-0.4, -0.2) is 29.0 Å². The van der Waals surface area contributed by atoms with Gasteiger partial charge in [-0.1, -0.05) is 31.5 Å². The highest BCUT2D eigenvalue weighted by molar-refractivity contribution is 8.00. The zero-order valence-electron chi connectivity index (χ0n) is 13.0. The van der Waals surface area contributed by atoms with Gasteiger partial charge in [-0.15, -0.1) is 11.8 Å². The molecule has 1 fully saturated rings. The second-order valence-corrected chi connectivity index (χ2v) is 8.10. The zero-order valence-corrected chi connectivity index (χ0v) is 13.8. The second kappa shape index (κ2) is 6.72. The third-order valence-electron chi connectivity index (χ3n) is 5.15. The SMILES string of the molecule is CCC1CCC(O)(CNCC2Cc3ccccc3S2)CC1. The molecule has 1 heterocycles. The van der Waals surface area contributed by atoms with Gasteiger partial charge in [0.25, 0.3) is 0 Å². The molecule has 1 unspecified atom stereocenters. The molecule has 3 rings (SSSR count). The highest BCUT2D eigenvalue weighted by Gasteiger charge is 2.32. The molecule has 1 saturated carbocycles. The minimum Gasteiger partial charge on any atom is -0.389 e. The Morgan fingerprint density at radius 2 is 2.05 bits per heavy atom. The Balaban J connectivity index is 1.41. The number of benzene rings is 1. The molecule has 1 atom stereocenters. The Kier molecular flexibility index (Phi) is 4.92. The largest absolute Gasteiger partial charge is 0.389 e. The van der Waals surface area contributed by atoms with E-state index in [1.54, 1.807) is 0 Å². The van der Waals surface area contributed by atoms with Crippen molar-refractivity contribution in [3.05, 3.63) is 29.8 Å². The molecule has 0 spiro atoms. The van der Waals surface area contributed by atoms with Gasteiger partial charge in [-0.2, -0.15) is 0 Å². The lowest BCUT2D eigenvalue weighted by atomic mass is 9.78. The Hall–Kier alpha value is -0.510. The second-order valence-electron chi connectivity index (χ2n) is 6.76. The molecule has 1 aromatic rings. The van der Waals surface area contributed by atoms with Crippen molar-refractivity contribution in [3.8, 4) is 0 Å². The van der Waals surface area contributed by atoms with Gasteiger partial charge in [-0.25, -0.2) is 0 Å². The molecule has 2 nitrogen and oxygen atoms in total. The molecule has 0 radical (unpaired) electrons. The van der Waals surface area contributed by atoms with Gasteiger partial charge >= 0.3 is 0 Å². The third-order valence-corrected chi connectivity index (χ3v) is 6.47. The van der Waals surface area contributed by atoms with Crippen molar-refractivity contribution in [2.24, 2.45) is 5.92 Å². The molecule has 116 valence electrons. The monoisotopic (exact) mass is 305 g/mol. The lowest BCUT2D eigenvalue weighted by Crippen LogP contribution is -2.45. The number of thioether (sulfide) groups is 1. The van der Waals surface area contributed by atoms with Crippen LogP contribution in [0.25, 0.3) is 0 Å². The predicted octanol–water partition coefficient (Wildman–Crippen LogP) is 3.62. The van der Waals surface area contributed by atoms with Crippen LogP contribution < -0.4 is 5.32 Å². The van der Waals surface area contributed by atoms with Crippen LogP contribution >= 0.6 is 11.8 Å². The Morgan fingerprint density at radius 1 is 1.29 bits per heavy atom. The van der Waals surface area contributed by atoms with E-state index in [4.69, 9.17) is 0 Å². The van der Waals surface area contributed by atoms with Crippen LogP contribution in [0.5, 0.6) is 0 Å². The Labute approximate surface area is 132 Å². The first-order valence-corrected chi connectivity index (χ1v) is 9.24. The minimum atomic E-state index is -0.457. The van der Waals surface area contributed by atoms with Crippen LogP contribution in [0, 0.1) is 5.92 Å². The van der Waals surface area contributed by atoms with Crippen molar-refractivity contribution in [2.75, 3.05) is 13.1 Å². The molecule has 0 amide bonds. The highest BCUT2D eigenvalue weighted by atomic mass is 32.2. The van der Waals surface area contributed by atoms with Crippen LogP contribution in [0.2, 0.25) is 0 Å². The van der Waals surface area contributed by atoms with Gasteiger partial charge in [0.05, 0.1) is 5.60 Å². The number of fused-ring (bicyclic) bond motifs is 1. The molecular weight excluding hydrogens is 278 g/mol. The normalized spacial score (nSPS) is 32.1. The van der Waals surface area contributed by atoms with Crippen molar-refractivity contribution in [1.29, 1.82) is 0 Å². The van der Waals surface area contributed by atoms with Crippen LogP contribution in [-0.2, 0) is 6.42 Å². The fourth-order valence-corrected chi connectivity index (χ4v) is 4.92. The average molecular weight is 305 g/mol. The average Bonchev–Trinajstić information content (AvgIpc) is 2.90. The molecular formula is C18H27NOS. The molecule has 0 saturated heterocycles. The van der Waals surface area contributed by atoms with Crippen LogP contribution in [0.3, 0.4) is 0 Å². The lowest BCUT2D eigenvalue weighted by Gasteiger charge is -2.36. The maximum atomic E-state index is 10.7. The standard InChI is InChI=1S/C18H27NOS/c1-2-14-7-9-18(20,10-8-14)13-19-12-16-11-15-5-3-4-6-17(15)21-16/h3-6,14,16,19-20H,2,7-13H2,1H3. The van der Waals surface area contributed by atoms with Gasteiger partial charge in [0.1, 0.15) is 0 Å². The van der Waals surface area contributed by atoms with E-state index in [0.29, 0.717) is 5.25 Å². The number of rotatable bonds is 5. The summed E-state index contributed by atoms with van der Waals surface area (Å²) < 4.78 is 0. The molecule has 1 aromatic carbocycles. The highest BCUT2D eigenvalue weighted by Crippen LogP contribution is 2.37. The maximum absolute atomic E-state index is 10.7. The van der Waals surface area contributed by atoms with E-state index in [9.17, 15) is 5.11 Å². The van der Waals surface area contributed by atoms with E-state index >= 15 is 0 Å². The van der Waals surface area contributed by atoms with Crippen molar-refractivity contribution in [1.82, 2.24) is 5.32 Å². The molecule has 2 aliphatic rings. The molecule has 0 bridgehead atoms. The van der Waals surface area contributed by atoms with Gasteiger partial charge in [0, 0.05) is 23.2 Å². The summed E-state index contributed by atoms with van der Waals surface area (Å²) in [6.45, 7) is 4.03. The van der Waals surface area contributed by atoms with Crippen LogP contribution in [0.15, 0.2) is 29.2 Å². The van der Waals surface area contributed by atoms with E-state index in [2.05, 4.69) is 36.5 Å². The van der Waals surface area contributed by atoms with Crippen molar-refractivity contribution < 1.29 is 5.11 Å². The summed E-state index contributed by atoms with van der Waals surface area (Å²) in [6, 6.07) is 8.71. The van der Waals surface area contributed by atoms with E-state index in [0.717, 1.165) is 38.3 Å². The van der Waals surface area contributed by atoms with Gasteiger partial charge in [-0.05, 0) is 49.7 Å². The van der Waals surface area contributed by atoms with E-state index in [-0.39, 0.29) is 0 Å². The number of hydrogen-bond acceptors (Lipinski definition) is 3. The van der Waals surface area contributed by atoms with Gasteiger partial charge in [0.2, 0.25) is 0 Å². The Bertz CT molecular complexity index is 443. The molecule has 0 aromatic heterocycles. The molecule has 1 aliphatic heterocycles. The van der Waals surface area contributed by atoms with Crippen LogP contribution in [0.4, 0.5) is 0 Å².